The molecule has 2 aliphatic rings. The molecular formula is C14H19NO3S. The first-order valence-corrected chi connectivity index (χ1v) is 7.62. The van der Waals surface area contributed by atoms with Crippen LogP contribution in [0.3, 0.4) is 0 Å². The largest absolute Gasteiger partial charge is 0.481 e. The van der Waals surface area contributed by atoms with E-state index in [0.717, 1.165) is 23.5 Å². The number of aryl methyl sites for hydroxylation is 2. The van der Waals surface area contributed by atoms with Gasteiger partial charge in [-0.3, -0.25) is 4.79 Å². The molecule has 104 valence electrons. The number of aromatic nitrogens is 1. The molecular weight excluding hydrogens is 262 g/mol. The van der Waals surface area contributed by atoms with Gasteiger partial charge in [-0.05, 0) is 39.0 Å². The van der Waals surface area contributed by atoms with Crippen LogP contribution in [0.5, 0.6) is 0 Å². The average molecular weight is 281 g/mol. The normalized spacial score (nSPS) is 30.7. The summed E-state index contributed by atoms with van der Waals surface area (Å²) in [7, 11) is 0. The lowest BCUT2D eigenvalue weighted by Crippen LogP contribution is -2.42. The minimum absolute atomic E-state index is 0.116. The van der Waals surface area contributed by atoms with Crippen molar-refractivity contribution in [2.75, 3.05) is 6.61 Å². The predicted octanol–water partition coefficient (Wildman–Crippen LogP) is 2.57. The van der Waals surface area contributed by atoms with Gasteiger partial charge in [0.1, 0.15) is 5.41 Å². The maximum Gasteiger partial charge on any atom is 0.312 e. The maximum absolute atomic E-state index is 11.9. The van der Waals surface area contributed by atoms with Crippen LogP contribution in [0.25, 0.3) is 0 Å². The SMILES string of the molecule is Cc1nc(CC2(C(=O)O)CCOC2C2CC2)sc1C. The first kappa shape index (κ1) is 13.1. The Kier molecular flexibility index (Phi) is 3.14. The summed E-state index contributed by atoms with van der Waals surface area (Å²) in [4.78, 5) is 17.6. The Hall–Kier alpha value is -0.940. The van der Waals surface area contributed by atoms with Crippen LogP contribution in [-0.2, 0) is 16.0 Å². The third kappa shape index (κ3) is 2.19. The molecule has 1 saturated carbocycles. The van der Waals surface area contributed by atoms with Crippen LogP contribution in [0, 0.1) is 25.2 Å². The summed E-state index contributed by atoms with van der Waals surface area (Å²) < 4.78 is 5.76. The molecule has 5 heteroatoms. The molecule has 0 aromatic carbocycles. The number of nitrogens with zero attached hydrogens (tertiary/aromatic N) is 1. The van der Waals surface area contributed by atoms with Crippen molar-refractivity contribution in [1.29, 1.82) is 0 Å². The molecule has 0 amide bonds. The van der Waals surface area contributed by atoms with Crippen molar-refractivity contribution < 1.29 is 14.6 Å². The molecule has 0 bridgehead atoms. The molecule has 1 aromatic heterocycles. The molecule has 3 rings (SSSR count). The van der Waals surface area contributed by atoms with Gasteiger partial charge in [0.25, 0.3) is 0 Å². The second kappa shape index (κ2) is 4.56. The molecule has 0 spiro atoms. The average Bonchev–Trinajstić information content (AvgIpc) is 3.02. The zero-order valence-corrected chi connectivity index (χ0v) is 12.1. The van der Waals surface area contributed by atoms with E-state index in [4.69, 9.17) is 4.74 Å². The van der Waals surface area contributed by atoms with Gasteiger partial charge in [0.2, 0.25) is 0 Å². The third-order valence-electron chi connectivity index (χ3n) is 4.41. The zero-order valence-electron chi connectivity index (χ0n) is 11.3. The van der Waals surface area contributed by atoms with Crippen molar-refractivity contribution >= 4 is 17.3 Å². The Bertz CT molecular complexity index is 489. The molecule has 1 saturated heterocycles. The summed E-state index contributed by atoms with van der Waals surface area (Å²) in [6.07, 6.45) is 3.23. The summed E-state index contributed by atoms with van der Waals surface area (Å²) in [6.45, 7) is 4.58. The van der Waals surface area contributed by atoms with Gasteiger partial charge in [0, 0.05) is 17.9 Å². The Labute approximate surface area is 116 Å². The molecule has 2 unspecified atom stereocenters. The van der Waals surface area contributed by atoms with E-state index in [1.165, 1.54) is 4.88 Å². The lowest BCUT2D eigenvalue weighted by atomic mass is 9.76. The van der Waals surface area contributed by atoms with Gasteiger partial charge in [-0.25, -0.2) is 4.98 Å². The summed E-state index contributed by atoms with van der Waals surface area (Å²) in [5.74, 6) is -0.270. The Morgan fingerprint density at radius 2 is 2.26 bits per heavy atom. The highest BCUT2D eigenvalue weighted by Gasteiger charge is 2.56. The fourth-order valence-corrected chi connectivity index (χ4v) is 4.09. The molecule has 4 nitrogen and oxygen atoms in total. The number of hydrogen-bond donors (Lipinski definition) is 1. The molecule has 2 heterocycles. The van der Waals surface area contributed by atoms with Crippen molar-refractivity contribution in [2.45, 2.75) is 45.6 Å². The van der Waals surface area contributed by atoms with Gasteiger partial charge in [-0.2, -0.15) is 0 Å². The highest BCUT2D eigenvalue weighted by Crippen LogP contribution is 2.49. The minimum atomic E-state index is -0.752. The fourth-order valence-electron chi connectivity index (χ4n) is 3.03. The van der Waals surface area contributed by atoms with Crippen LogP contribution in [0.4, 0.5) is 0 Å². The van der Waals surface area contributed by atoms with Gasteiger partial charge in [-0.1, -0.05) is 0 Å². The Morgan fingerprint density at radius 3 is 2.79 bits per heavy atom. The lowest BCUT2D eigenvalue weighted by Gasteiger charge is -2.29. The Morgan fingerprint density at radius 1 is 1.53 bits per heavy atom. The van der Waals surface area contributed by atoms with Gasteiger partial charge < -0.3 is 9.84 Å². The number of ether oxygens (including phenoxy) is 1. The molecule has 1 aliphatic heterocycles. The van der Waals surface area contributed by atoms with Crippen molar-refractivity contribution in [3.8, 4) is 0 Å². The van der Waals surface area contributed by atoms with Crippen LogP contribution in [-0.4, -0.2) is 28.8 Å². The molecule has 1 N–H and O–H groups in total. The Balaban J connectivity index is 1.89. The second-order valence-corrected chi connectivity index (χ2v) is 7.05. The smallest absolute Gasteiger partial charge is 0.312 e. The second-order valence-electron chi connectivity index (χ2n) is 5.77. The first-order chi connectivity index (χ1) is 9.03. The van der Waals surface area contributed by atoms with E-state index in [0.29, 0.717) is 25.4 Å². The van der Waals surface area contributed by atoms with E-state index < -0.39 is 11.4 Å². The highest BCUT2D eigenvalue weighted by atomic mass is 32.1. The summed E-state index contributed by atoms with van der Waals surface area (Å²) in [5, 5.41) is 10.7. The standard InChI is InChI=1S/C14H19NO3S/c1-8-9(2)19-11(15-8)7-14(13(16)17)5-6-18-12(14)10-3-4-10/h10,12H,3-7H2,1-2H3,(H,16,17). The van der Waals surface area contributed by atoms with Gasteiger partial charge in [0.05, 0.1) is 16.8 Å². The van der Waals surface area contributed by atoms with Crippen molar-refractivity contribution in [2.24, 2.45) is 11.3 Å². The summed E-state index contributed by atoms with van der Waals surface area (Å²) in [6, 6.07) is 0. The van der Waals surface area contributed by atoms with E-state index in [9.17, 15) is 9.90 Å². The summed E-state index contributed by atoms with van der Waals surface area (Å²) in [5.41, 5.74) is 0.264. The van der Waals surface area contributed by atoms with Crippen molar-refractivity contribution in [3.05, 3.63) is 15.6 Å². The highest BCUT2D eigenvalue weighted by molar-refractivity contribution is 7.11. The number of aliphatic carboxylic acids is 1. The monoisotopic (exact) mass is 281 g/mol. The van der Waals surface area contributed by atoms with Crippen molar-refractivity contribution in [3.63, 3.8) is 0 Å². The van der Waals surface area contributed by atoms with Gasteiger partial charge >= 0.3 is 5.97 Å². The third-order valence-corrected chi connectivity index (χ3v) is 5.48. The first-order valence-electron chi connectivity index (χ1n) is 6.81. The molecule has 1 aromatic rings. The number of rotatable bonds is 4. The fraction of sp³-hybridized carbons (Fsp3) is 0.714. The van der Waals surface area contributed by atoms with Crippen LogP contribution >= 0.6 is 11.3 Å². The van der Waals surface area contributed by atoms with E-state index in [-0.39, 0.29) is 6.10 Å². The number of carboxylic acids is 1. The van der Waals surface area contributed by atoms with E-state index in [1.807, 2.05) is 13.8 Å². The lowest BCUT2D eigenvalue weighted by molar-refractivity contribution is -0.153. The quantitative estimate of drug-likeness (QED) is 0.921. The van der Waals surface area contributed by atoms with Crippen LogP contribution in [0.15, 0.2) is 0 Å². The topological polar surface area (TPSA) is 59.4 Å². The van der Waals surface area contributed by atoms with Crippen LogP contribution < -0.4 is 0 Å². The minimum Gasteiger partial charge on any atom is -0.481 e. The molecule has 2 fully saturated rings. The zero-order chi connectivity index (χ0) is 13.6. The van der Waals surface area contributed by atoms with E-state index >= 15 is 0 Å². The maximum atomic E-state index is 11.9. The number of carbonyl (C=O) groups is 1. The predicted molar refractivity (Wildman–Crippen MR) is 72.4 cm³/mol. The van der Waals surface area contributed by atoms with Crippen LogP contribution in [0.1, 0.15) is 34.8 Å². The number of carboxylic acid groups (broad SMARTS) is 1. The number of thiazole rings is 1. The number of hydrogen-bond acceptors (Lipinski definition) is 4. The van der Waals surface area contributed by atoms with Crippen LogP contribution in [0.2, 0.25) is 0 Å². The van der Waals surface area contributed by atoms with Crippen molar-refractivity contribution in [1.82, 2.24) is 4.98 Å². The van der Waals surface area contributed by atoms with Gasteiger partial charge in [0.15, 0.2) is 0 Å². The molecule has 1 aliphatic carbocycles. The molecule has 2 atom stereocenters. The molecule has 19 heavy (non-hydrogen) atoms. The summed E-state index contributed by atoms with van der Waals surface area (Å²) >= 11 is 1.62. The molecule has 0 radical (unpaired) electrons. The van der Waals surface area contributed by atoms with Gasteiger partial charge in [-0.15, -0.1) is 11.3 Å². The van der Waals surface area contributed by atoms with E-state index in [1.54, 1.807) is 11.3 Å². The van der Waals surface area contributed by atoms with E-state index in [2.05, 4.69) is 4.98 Å².